The summed E-state index contributed by atoms with van der Waals surface area (Å²) in [5, 5.41) is 4.72. The van der Waals surface area contributed by atoms with Crippen LogP contribution in [0.4, 0.5) is 8.78 Å². The maximum Gasteiger partial charge on any atom is 0.263 e. The third kappa shape index (κ3) is 3.93. The summed E-state index contributed by atoms with van der Waals surface area (Å²) >= 11 is 0. The van der Waals surface area contributed by atoms with Gasteiger partial charge in [-0.3, -0.25) is 14.0 Å². The van der Waals surface area contributed by atoms with Crippen LogP contribution in [-0.4, -0.2) is 30.9 Å². The largest absolute Gasteiger partial charge is 0.373 e. The molecule has 9 heteroatoms. The van der Waals surface area contributed by atoms with Crippen LogP contribution in [0.3, 0.4) is 0 Å². The lowest BCUT2D eigenvalue weighted by Crippen LogP contribution is -2.23. The average Bonchev–Trinajstić information content (AvgIpc) is 3.58. The lowest BCUT2D eigenvalue weighted by Gasteiger charge is -2.29. The van der Waals surface area contributed by atoms with Crippen LogP contribution in [0.5, 0.6) is 0 Å². The van der Waals surface area contributed by atoms with Gasteiger partial charge in [0.1, 0.15) is 17.5 Å². The summed E-state index contributed by atoms with van der Waals surface area (Å²) in [5.41, 5.74) is 2.24. The minimum absolute atomic E-state index is 0.0239. The van der Waals surface area contributed by atoms with Crippen molar-refractivity contribution in [3.63, 3.8) is 0 Å². The van der Waals surface area contributed by atoms with Gasteiger partial charge in [0.15, 0.2) is 5.65 Å². The molecular weight excluding hydrogens is 452 g/mol. The van der Waals surface area contributed by atoms with Crippen LogP contribution in [0.2, 0.25) is 0 Å². The molecule has 7 nitrogen and oxygen atoms in total. The molecule has 4 aromatic rings. The number of ether oxygens (including phenoxy) is 1. The van der Waals surface area contributed by atoms with Crippen molar-refractivity contribution in [2.75, 3.05) is 6.61 Å². The summed E-state index contributed by atoms with van der Waals surface area (Å²) in [5.74, 6) is -0.875. The standard InChI is InChI=1S/C26H25F2N5O2/c1-14-30-25-24(26(34)32(14)2)20(19-6-3-17(27)10-21(19)28)11-22(31-25)15-7-8-35-23(9-15)16-12-29-33(13-16)18-4-5-18/h3,6,10-13,15,18,23H,4-5,7-9H2,1-2H3/t15-,23+/m0/s1. The molecule has 0 unspecified atom stereocenters. The Hall–Kier alpha value is -3.46. The van der Waals surface area contributed by atoms with Gasteiger partial charge in [0.2, 0.25) is 0 Å². The number of hydrogen-bond donors (Lipinski definition) is 0. The second-order valence-corrected chi connectivity index (χ2v) is 9.51. The van der Waals surface area contributed by atoms with Gasteiger partial charge in [-0.2, -0.15) is 5.10 Å². The van der Waals surface area contributed by atoms with Gasteiger partial charge >= 0.3 is 0 Å². The molecular formula is C26H25F2N5O2. The third-order valence-electron chi connectivity index (χ3n) is 7.13. The Bertz CT molecular complexity index is 1510. The summed E-state index contributed by atoms with van der Waals surface area (Å²) < 4.78 is 38.0. The van der Waals surface area contributed by atoms with E-state index in [1.807, 2.05) is 10.9 Å². The van der Waals surface area contributed by atoms with E-state index in [0.29, 0.717) is 30.5 Å². The molecule has 6 rings (SSSR count). The van der Waals surface area contributed by atoms with E-state index in [4.69, 9.17) is 9.72 Å². The molecule has 35 heavy (non-hydrogen) atoms. The predicted molar refractivity (Wildman–Crippen MR) is 126 cm³/mol. The number of fused-ring (bicyclic) bond motifs is 1. The molecule has 180 valence electrons. The first kappa shape index (κ1) is 22.0. The van der Waals surface area contributed by atoms with Crippen LogP contribution in [0.15, 0.2) is 41.5 Å². The van der Waals surface area contributed by atoms with E-state index >= 15 is 0 Å². The summed E-state index contributed by atoms with van der Waals surface area (Å²) in [6.45, 7) is 2.28. The number of aromatic nitrogens is 5. The summed E-state index contributed by atoms with van der Waals surface area (Å²) in [6.07, 6.45) is 7.54. The van der Waals surface area contributed by atoms with E-state index in [-0.39, 0.29) is 34.2 Å². The van der Waals surface area contributed by atoms with Crippen LogP contribution in [0.25, 0.3) is 22.2 Å². The maximum atomic E-state index is 14.9. The first-order valence-electron chi connectivity index (χ1n) is 11.9. The van der Waals surface area contributed by atoms with Crippen molar-refractivity contribution < 1.29 is 13.5 Å². The number of halogens is 2. The lowest BCUT2D eigenvalue weighted by molar-refractivity contribution is 0.00463. The highest BCUT2D eigenvalue weighted by molar-refractivity contribution is 5.92. The Morgan fingerprint density at radius 3 is 2.69 bits per heavy atom. The molecule has 0 N–H and O–H groups in total. The highest BCUT2D eigenvalue weighted by Gasteiger charge is 2.30. The van der Waals surface area contributed by atoms with Crippen molar-refractivity contribution in [2.45, 2.75) is 50.7 Å². The van der Waals surface area contributed by atoms with E-state index in [0.717, 1.165) is 36.6 Å². The fourth-order valence-corrected chi connectivity index (χ4v) is 4.87. The normalized spacial score (nSPS) is 20.5. The minimum atomic E-state index is -0.733. The second-order valence-electron chi connectivity index (χ2n) is 9.51. The van der Waals surface area contributed by atoms with Crippen LogP contribution < -0.4 is 5.56 Å². The van der Waals surface area contributed by atoms with Crippen LogP contribution in [0, 0.1) is 18.6 Å². The summed E-state index contributed by atoms with van der Waals surface area (Å²) in [7, 11) is 1.62. The topological polar surface area (TPSA) is 74.8 Å². The fraction of sp³-hybridized carbons (Fsp3) is 0.385. The van der Waals surface area contributed by atoms with E-state index in [2.05, 4.69) is 16.3 Å². The van der Waals surface area contributed by atoms with Gasteiger partial charge in [-0.1, -0.05) is 0 Å². The molecule has 0 bridgehead atoms. The zero-order valence-corrected chi connectivity index (χ0v) is 19.5. The molecule has 2 fully saturated rings. The molecule has 3 aromatic heterocycles. The zero-order valence-electron chi connectivity index (χ0n) is 19.5. The first-order valence-corrected chi connectivity index (χ1v) is 11.9. The van der Waals surface area contributed by atoms with Crippen molar-refractivity contribution >= 4 is 11.0 Å². The summed E-state index contributed by atoms with van der Waals surface area (Å²) in [4.78, 5) is 22.5. The van der Waals surface area contributed by atoms with E-state index in [1.165, 1.54) is 16.7 Å². The van der Waals surface area contributed by atoms with Gasteiger partial charge in [-0.15, -0.1) is 0 Å². The van der Waals surface area contributed by atoms with Crippen molar-refractivity contribution in [2.24, 2.45) is 7.05 Å². The van der Waals surface area contributed by atoms with Gasteiger partial charge in [0.05, 0.1) is 23.7 Å². The lowest BCUT2D eigenvalue weighted by atomic mass is 9.88. The number of rotatable bonds is 4. The van der Waals surface area contributed by atoms with Gasteiger partial charge in [-0.25, -0.2) is 18.7 Å². The predicted octanol–water partition coefficient (Wildman–Crippen LogP) is 4.75. The van der Waals surface area contributed by atoms with Crippen molar-refractivity contribution in [1.29, 1.82) is 0 Å². The Morgan fingerprint density at radius 2 is 1.91 bits per heavy atom. The second kappa shape index (κ2) is 8.34. The fourth-order valence-electron chi connectivity index (χ4n) is 4.87. The number of pyridine rings is 1. The van der Waals surface area contributed by atoms with Crippen LogP contribution in [0.1, 0.15) is 60.8 Å². The highest BCUT2D eigenvalue weighted by Crippen LogP contribution is 2.40. The Labute approximate surface area is 200 Å². The average molecular weight is 478 g/mol. The molecule has 2 atom stereocenters. The smallest absolute Gasteiger partial charge is 0.263 e. The van der Waals surface area contributed by atoms with E-state index in [1.54, 1.807) is 20.0 Å². The molecule has 0 amide bonds. The molecule has 1 aliphatic heterocycles. The molecule has 1 saturated heterocycles. The number of aryl methyl sites for hydroxylation is 1. The molecule has 0 spiro atoms. The molecule has 1 saturated carbocycles. The molecule has 1 aromatic carbocycles. The van der Waals surface area contributed by atoms with Crippen LogP contribution >= 0.6 is 0 Å². The van der Waals surface area contributed by atoms with Crippen LogP contribution in [-0.2, 0) is 11.8 Å². The quantitative estimate of drug-likeness (QED) is 0.424. The number of hydrogen-bond acceptors (Lipinski definition) is 5. The molecule has 0 radical (unpaired) electrons. The minimum Gasteiger partial charge on any atom is -0.373 e. The SMILES string of the molecule is Cc1nc2nc([C@H]3CCO[C@@H](c4cnn(C5CC5)c4)C3)cc(-c3ccc(F)cc3F)c2c(=O)n1C. The molecule has 2 aliphatic rings. The number of benzene rings is 1. The van der Waals surface area contributed by atoms with Gasteiger partial charge < -0.3 is 4.74 Å². The Morgan fingerprint density at radius 1 is 1.09 bits per heavy atom. The van der Waals surface area contributed by atoms with Gasteiger partial charge in [0.25, 0.3) is 5.56 Å². The van der Waals surface area contributed by atoms with E-state index in [9.17, 15) is 13.6 Å². The molecule has 1 aliphatic carbocycles. The monoisotopic (exact) mass is 477 g/mol. The Balaban J connectivity index is 1.45. The van der Waals surface area contributed by atoms with Crippen molar-refractivity contribution in [3.8, 4) is 11.1 Å². The maximum absolute atomic E-state index is 14.9. The first-order chi connectivity index (χ1) is 16.9. The number of nitrogens with zero attached hydrogens (tertiary/aromatic N) is 5. The van der Waals surface area contributed by atoms with Gasteiger partial charge in [0, 0.05) is 54.2 Å². The summed E-state index contributed by atoms with van der Waals surface area (Å²) in [6, 6.07) is 5.64. The molecule has 4 heterocycles. The highest BCUT2D eigenvalue weighted by atomic mass is 19.1. The third-order valence-corrected chi connectivity index (χ3v) is 7.13. The van der Waals surface area contributed by atoms with Crippen molar-refractivity contribution in [1.82, 2.24) is 24.3 Å². The van der Waals surface area contributed by atoms with Gasteiger partial charge in [-0.05, 0) is 50.8 Å². The van der Waals surface area contributed by atoms with Crippen molar-refractivity contribution in [3.05, 3.63) is 75.7 Å². The Kier molecular flexibility index (Phi) is 5.25. The van der Waals surface area contributed by atoms with E-state index < -0.39 is 11.6 Å². The zero-order chi connectivity index (χ0) is 24.3.